The van der Waals surface area contributed by atoms with Crippen LogP contribution in [0.5, 0.6) is 0 Å². The van der Waals surface area contributed by atoms with Crippen LogP contribution in [0.15, 0.2) is 6.20 Å². The number of nitrogens with one attached hydrogen (secondary N) is 1. The lowest BCUT2D eigenvalue weighted by Gasteiger charge is -2.29. The van der Waals surface area contributed by atoms with Crippen molar-refractivity contribution in [2.24, 2.45) is 7.05 Å². The molecule has 2 heterocycles. The number of hydrogen-bond donors (Lipinski definition) is 1. The largest absolute Gasteiger partial charge is 0.309 e. The molecule has 4 heteroatoms. The summed E-state index contributed by atoms with van der Waals surface area (Å²) in [4.78, 5) is 2.58. The first-order valence-corrected chi connectivity index (χ1v) is 7.10. The number of likely N-dealkylation sites (tertiary alicyclic amines) is 1. The second-order valence-corrected chi connectivity index (χ2v) is 5.56. The van der Waals surface area contributed by atoms with E-state index < -0.39 is 0 Å². The highest BCUT2D eigenvalue weighted by Crippen LogP contribution is 2.09. The third-order valence-electron chi connectivity index (χ3n) is 3.74. The Labute approximate surface area is 110 Å². The van der Waals surface area contributed by atoms with E-state index in [1.807, 2.05) is 11.7 Å². The van der Waals surface area contributed by atoms with Crippen LogP contribution in [0, 0.1) is 6.92 Å². The molecular formula is C14H26N4. The van der Waals surface area contributed by atoms with Gasteiger partial charge in [-0.3, -0.25) is 4.68 Å². The fraction of sp³-hybridized carbons (Fsp3) is 0.786. The van der Waals surface area contributed by atoms with E-state index in [4.69, 9.17) is 0 Å². The van der Waals surface area contributed by atoms with E-state index in [0.29, 0.717) is 6.04 Å². The Morgan fingerprint density at radius 2 is 2.06 bits per heavy atom. The van der Waals surface area contributed by atoms with Gasteiger partial charge in [0.05, 0.1) is 5.69 Å². The lowest BCUT2D eigenvalue weighted by atomic mass is 10.1. The summed E-state index contributed by atoms with van der Waals surface area (Å²) in [6.07, 6.45) is 6.26. The summed E-state index contributed by atoms with van der Waals surface area (Å²) in [5, 5.41) is 7.98. The molecule has 1 saturated heterocycles. The molecule has 0 aliphatic carbocycles. The summed E-state index contributed by atoms with van der Waals surface area (Å²) in [5.74, 6) is 0. The van der Waals surface area contributed by atoms with E-state index in [9.17, 15) is 0 Å². The second kappa shape index (κ2) is 6.34. The monoisotopic (exact) mass is 250 g/mol. The van der Waals surface area contributed by atoms with E-state index >= 15 is 0 Å². The smallest absolute Gasteiger partial charge is 0.0638 e. The lowest BCUT2D eigenvalue weighted by molar-refractivity contribution is 0.209. The van der Waals surface area contributed by atoms with Crippen molar-refractivity contribution >= 4 is 0 Å². The van der Waals surface area contributed by atoms with Crippen molar-refractivity contribution in [2.75, 3.05) is 19.6 Å². The van der Waals surface area contributed by atoms with Gasteiger partial charge in [-0.1, -0.05) is 6.42 Å². The Morgan fingerprint density at radius 3 is 2.67 bits per heavy atom. The second-order valence-electron chi connectivity index (χ2n) is 5.56. The van der Waals surface area contributed by atoms with Crippen LogP contribution in [0.4, 0.5) is 0 Å². The SMILES string of the molecule is Cc1nn(C)cc1CNC(C)CN1CCCCC1. The first-order valence-electron chi connectivity index (χ1n) is 7.10. The van der Waals surface area contributed by atoms with Crippen LogP contribution >= 0.6 is 0 Å². The van der Waals surface area contributed by atoms with Gasteiger partial charge in [0, 0.05) is 37.9 Å². The van der Waals surface area contributed by atoms with Crippen molar-refractivity contribution in [3.63, 3.8) is 0 Å². The van der Waals surface area contributed by atoms with Crippen molar-refractivity contribution < 1.29 is 0 Å². The topological polar surface area (TPSA) is 33.1 Å². The highest BCUT2D eigenvalue weighted by Gasteiger charge is 2.13. The van der Waals surface area contributed by atoms with E-state index in [1.165, 1.54) is 44.5 Å². The zero-order valence-electron chi connectivity index (χ0n) is 11.9. The number of nitrogens with zero attached hydrogens (tertiary/aromatic N) is 3. The molecule has 18 heavy (non-hydrogen) atoms. The average Bonchev–Trinajstić information content (AvgIpc) is 2.66. The van der Waals surface area contributed by atoms with Crippen molar-refractivity contribution in [3.05, 3.63) is 17.5 Å². The van der Waals surface area contributed by atoms with E-state index in [2.05, 4.69) is 35.4 Å². The number of aryl methyl sites for hydroxylation is 2. The number of rotatable bonds is 5. The quantitative estimate of drug-likeness (QED) is 0.863. The predicted octanol–water partition coefficient (Wildman–Crippen LogP) is 1.69. The van der Waals surface area contributed by atoms with Gasteiger partial charge in [0.15, 0.2) is 0 Å². The summed E-state index contributed by atoms with van der Waals surface area (Å²) in [7, 11) is 1.98. The van der Waals surface area contributed by atoms with Gasteiger partial charge in [-0.05, 0) is 39.8 Å². The van der Waals surface area contributed by atoms with Gasteiger partial charge in [-0.15, -0.1) is 0 Å². The maximum Gasteiger partial charge on any atom is 0.0638 e. The zero-order chi connectivity index (χ0) is 13.0. The molecule has 0 amide bonds. The summed E-state index contributed by atoms with van der Waals surface area (Å²) in [5.41, 5.74) is 2.44. The van der Waals surface area contributed by atoms with Gasteiger partial charge >= 0.3 is 0 Å². The lowest BCUT2D eigenvalue weighted by Crippen LogP contribution is -2.41. The molecular weight excluding hydrogens is 224 g/mol. The Hall–Kier alpha value is -0.870. The molecule has 4 nitrogen and oxygen atoms in total. The summed E-state index contributed by atoms with van der Waals surface area (Å²) in [6.45, 7) is 9.00. The molecule has 1 aromatic rings. The zero-order valence-corrected chi connectivity index (χ0v) is 11.9. The van der Waals surface area contributed by atoms with Crippen LogP contribution in [0.2, 0.25) is 0 Å². The Bertz CT molecular complexity index is 366. The molecule has 0 bridgehead atoms. The Morgan fingerprint density at radius 1 is 1.33 bits per heavy atom. The molecule has 1 fully saturated rings. The number of piperidine rings is 1. The van der Waals surface area contributed by atoms with Gasteiger partial charge in [0.1, 0.15) is 0 Å². The molecule has 102 valence electrons. The molecule has 0 saturated carbocycles. The minimum atomic E-state index is 0.544. The maximum absolute atomic E-state index is 4.37. The molecule has 1 aliphatic rings. The van der Waals surface area contributed by atoms with E-state index in [0.717, 1.165) is 12.2 Å². The third kappa shape index (κ3) is 3.82. The van der Waals surface area contributed by atoms with Gasteiger partial charge in [0.2, 0.25) is 0 Å². The minimum Gasteiger partial charge on any atom is -0.309 e. The summed E-state index contributed by atoms with van der Waals surface area (Å²) < 4.78 is 1.89. The molecule has 0 spiro atoms. The van der Waals surface area contributed by atoms with E-state index in [-0.39, 0.29) is 0 Å². The predicted molar refractivity (Wildman–Crippen MR) is 74.5 cm³/mol. The van der Waals surface area contributed by atoms with Crippen LogP contribution in [0.3, 0.4) is 0 Å². The molecule has 1 aliphatic heterocycles. The average molecular weight is 250 g/mol. The summed E-state index contributed by atoms with van der Waals surface area (Å²) in [6, 6.07) is 0.544. The maximum atomic E-state index is 4.37. The molecule has 2 rings (SSSR count). The third-order valence-corrected chi connectivity index (χ3v) is 3.74. The molecule has 1 atom stereocenters. The normalized spacial score (nSPS) is 19.1. The van der Waals surface area contributed by atoms with Gasteiger partial charge in [-0.25, -0.2) is 0 Å². The van der Waals surface area contributed by atoms with Crippen LogP contribution in [-0.2, 0) is 13.6 Å². The van der Waals surface area contributed by atoms with Crippen LogP contribution < -0.4 is 5.32 Å². The number of hydrogen-bond acceptors (Lipinski definition) is 3. The number of aromatic nitrogens is 2. The molecule has 0 radical (unpaired) electrons. The first-order chi connectivity index (χ1) is 8.65. The van der Waals surface area contributed by atoms with Crippen molar-refractivity contribution in [3.8, 4) is 0 Å². The summed E-state index contributed by atoms with van der Waals surface area (Å²) >= 11 is 0. The van der Waals surface area contributed by atoms with Crippen molar-refractivity contribution in [2.45, 2.75) is 45.7 Å². The fourth-order valence-corrected chi connectivity index (χ4v) is 2.70. The molecule has 0 aromatic carbocycles. The van der Waals surface area contributed by atoms with Gasteiger partial charge in [0.25, 0.3) is 0 Å². The van der Waals surface area contributed by atoms with Crippen LogP contribution in [-0.4, -0.2) is 40.4 Å². The fourth-order valence-electron chi connectivity index (χ4n) is 2.70. The highest BCUT2D eigenvalue weighted by molar-refractivity contribution is 5.14. The van der Waals surface area contributed by atoms with Gasteiger partial charge in [-0.2, -0.15) is 5.10 Å². The first kappa shape index (κ1) is 13.6. The van der Waals surface area contributed by atoms with Crippen molar-refractivity contribution in [1.29, 1.82) is 0 Å². The van der Waals surface area contributed by atoms with Crippen LogP contribution in [0.1, 0.15) is 37.4 Å². The van der Waals surface area contributed by atoms with Crippen LogP contribution in [0.25, 0.3) is 0 Å². The highest BCUT2D eigenvalue weighted by atomic mass is 15.3. The van der Waals surface area contributed by atoms with Gasteiger partial charge < -0.3 is 10.2 Å². The Balaban J connectivity index is 1.74. The van der Waals surface area contributed by atoms with E-state index in [1.54, 1.807) is 0 Å². The molecule has 1 N–H and O–H groups in total. The molecule has 1 unspecified atom stereocenters. The minimum absolute atomic E-state index is 0.544. The Kier molecular flexibility index (Phi) is 4.78. The molecule has 1 aromatic heterocycles. The standard InChI is InChI=1S/C14H26N4/c1-12(10-18-7-5-4-6-8-18)15-9-14-11-17(3)16-13(14)2/h11-12,15H,4-10H2,1-3H3. The van der Waals surface area contributed by atoms with Crippen molar-refractivity contribution in [1.82, 2.24) is 20.0 Å².